The molecule has 0 bridgehead atoms. The first-order valence-electron chi connectivity index (χ1n) is 2.66. The van der Waals surface area contributed by atoms with E-state index in [4.69, 9.17) is 0 Å². The van der Waals surface area contributed by atoms with E-state index < -0.39 is 0 Å². The Labute approximate surface area is 55.5 Å². The SMILES string of the molecule is CNC/C=C(\C)SC. The van der Waals surface area contributed by atoms with Gasteiger partial charge in [0.15, 0.2) is 0 Å². The highest BCUT2D eigenvalue weighted by Gasteiger charge is 1.79. The van der Waals surface area contributed by atoms with Crippen molar-refractivity contribution < 1.29 is 0 Å². The molecule has 0 aromatic carbocycles. The Morgan fingerprint density at radius 1 is 1.75 bits per heavy atom. The predicted molar refractivity (Wildman–Crippen MR) is 41.2 cm³/mol. The lowest BCUT2D eigenvalue weighted by molar-refractivity contribution is 0.917. The van der Waals surface area contributed by atoms with Crippen molar-refractivity contribution in [2.75, 3.05) is 19.8 Å². The second kappa shape index (κ2) is 5.19. The molecule has 8 heavy (non-hydrogen) atoms. The summed E-state index contributed by atoms with van der Waals surface area (Å²) in [6, 6.07) is 0. The quantitative estimate of drug-likeness (QED) is 0.622. The number of rotatable bonds is 3. The molecule has 0 saturated heterocycles. The molecule has 0 aromatic rings. The maximum absolute atomic E-state index is 3.04. The Kier molecular flexibility index (Phi) is 5.22. The Balaban J connectivity index is 3.26. The minimum absolute atomic E-state index is 0.979. The van der Waals surface area contributed by atoms with E-state index in [0.717, 1.165) is 6.54 Å². The molecule has 0 rings (SSSR count). The van der Waals surface area contributed by atoms with Gasteiger partial charge < -0.3 is 5.32 Å². The van der Waals surface area contributed by atoms with Gasteiger partial charge in [-0.3, -0.25) is 0 Å². The Morgan fingerprint density at radius 2 is 2.38 bits per heavy atom. The molecule has 1 N–H and O–H groups in total. The Bertz CT molecular complexity index is 78.6. The summed E-state index contributed by atoms with van der Waals surface area (Å²) in [7, 11) is 1.95. The molecule has 2 heteroatoms. The number of thioether (sulfide) groups is 1. The highest BCUT2D eigenvalue weighted by Crippen LogP contribution is 2.07. The Hall–Kier alpha value is 0.0500. The topological polar surface area (TPSA) is 12.0 Å². The molecular formula is C6H13NS. The average molecular weight is 131 g/mol. The summed E-state index contributed by atoms with van der Waals surface area (Å²) < 4.78 is 0. The van der Waals surface area contributed by atoms with Gasteiger partial charge in [0.05, 0.1) is 0 Å². The fourth-order valence-electron chi connectivity index (χ4n) is 0.329. The van der Waals surface area contributed by atoms with Crippen LogP contribution < -0.4 is 5.32 Å². The standard InChI is InChI=1S/C6H13NS/c1-6(8-3)4-5-7-2/h4,7H,5H2,1-3H3/b6-4+. The lowest BCUT2D eigenvalue weighted by Crippen LogP contribution is -2.04. The number of hydrogen-bond acceptors (Lipinski definition) is 2. The first kappa shape index (κ1) is 8.05. The molecule has 0 saturated carbocycles. The van der Waals surface area contributed by atoms with Gasteiger partial charge in [-0.15, -0.1) is 11.8 Å². The van der Waals surface area contributed by atoms with E-state index in [2.05, 4.69) is 24.6 Å². The first-order valence-corrected chi connectivity index (χ1v) is 3.89. The normalized spacial score (nSPS) is 12.1. The summed E-state index contributed by atoms with van der Waals surface area (Å²) >= 11 is 1.79. The highest BCUT2D eigenvalue weighted by atomic mass is 32.2. The molecule has 0 spiro atoms. The fourth-order valence-corrected chi connectivity index (χ4v) is 0.579. The maximum atomic E-state index is 3.04. The fraction of sp³-hybridized carbons (Fsp3) is 0.667. The van der Waals surface area contributed by atoms with Crippen LogP contribution in [0.1, 0.15) is 6.92 Å². The largest absolute Gasteiger partial charge is 0.316 e. The van der Waals surface area contributed by atoms with Crippen LogP contribution in [0.3, 0.4) is 0 Å². The van der Waals surface area contributed by atoms with E-state index in [-0.39, 0.29) is 0 Å². The lowest BCUT2D eigenvalue weighted by atomic mass is 10.5. The van der Waals surface area contributed by atoms with Crippen molar-refractivity contribution in [1.29, 1.82) is 0 Å². The van der Waals surface area contributed by atoms with Crippen molar-refractivity contribution in [1.82, 2.24) is 5.32 Å². The van der Waals surface area contributed by atoms with Crippen molar-refractivity contribution in [2.24, 2.45) is 0 Å². The molecular weight excluding hydrogens is 118 g/mol. The van der Waals surface area contributed by atoms with Gasteiger partial charge in [0.25, 0.3) is 0 Å². The molecule has 0 aliphatic carbocycles. The van der Waals surface area contributed by atoms with Crippen molar-refractivity contribution in [3.05, 3.63) is 11.0 Å². The lowest BCUT2D eigenvalue weighted by Gasteiger charge is -1.92. The van der Waals surface area contributed by atoms with E-state index in [1.54, 1.807) is 11.8 Å². The van der Waals surface area contributed by atoms with Crippen LogP contribution in [0, 0.1) is 0 Å². The number of hydrogen-bond donors (Lipinski definition) is 1. The summed E-state index contributed by atoms with van der Waals surface area (Å²) in [5, 5.41) is 3.04. The van der Waals surface area contributed by atoms with Crippen LogP contribution >= 0.6 is 11.8 Å². The summed E-state index contributed by atoms with van der Waals surface area (Å²) in [4.78, 5) is 1.37. The average Bonchev–Trinajstić information content (AvgIpc) is 1.83. The van der Waals surface area contributed by atoms with Crippen LogP contribution in [-0.2, 0) is 0 Å². The zero-order chi connectivity index (χ0) is 6.41. The van der Waals surface area contributed by atoms with Gasteiger partial charge in [-0.2, -0.15) is 0 Å². The second-order valence-electron chi connectivity index (χ2n) is 1.58. The summed E-state index contributed by atoms with van der Waals surface area (Å²) in [5.41, 5.74) is 0. The molecule has 0 aromatic heterocycles. The van der Waals surface area contributed by atoms with Crippen molar-refractivity contribution in [2.45, 2.75) is 6.92 Å². The molecule has 0 atom stereocenters. The van der Waals surface area contributed by atoms with Gasteiger partial charge in [-0.05, 0) is 25.1 Å². The van der Waals surface area contributed by atoms with Crippen LogP contribution in [0.4, 0.5) is 0 Å². The minimum Gasteiger partial charge on any atom is -0.316 e. The molecule has 0 fully saturated rings. The monoisotopic (exact) mass is 131 g/mol. The van der Waals surface area contributed by atoms with E-state index >= 15 is 0 Å². The van der Waals surface area contributed by atoms with E-state index in [9.17, 15) is 0 Å². The molecule has 0 aliphatic heterocycles. The summed E-state index contributed by atoms with van der Waals surface area (Å²) in [5.74, 6) is 0. The highest BCUT2D eigenvalue weighted by molar-refractivity contribution is 8.02. The number of likely N-dealkylation sites (N-methyl/N-ethyl adjacent to an activating group) is 1. The third kappa shape index (κ3) is 4.22. The van der Waals surface area contributed by atoms with Gasteiger partial charge in [-0.1, -0.05) is 6.08 Å². The van der Waals surface area contributed by atoms with Gasteiger partial charge >= 0.3 is 0 Å². The smallest absolute Gasteiger partial charge is 0.0142 e. The molecule has 48 valence electrons. The van der Waals surface area contributed by atoms with Gasteiger partial charge in [0, 0.05) is 6.54 Å². The molecule has 0 amide bonds. The van der Waals surface area contributed by atoms with Crippen molar-refractivity contribution in [3.8, 4) is 0 Å². The zero-order valence-electron chi connectivity index (χ0n) is 5.69. The number of allylic oxidation sites excluding steroid dienone is 1. The summed E-state index contributed by atoms with van der Waals surface area (Å²) in [6.45, 7) is 3.09. The van der Waals surface area contributed by atoms with Crippen LogP contribution in [0.25, 0.3) is 0 Å². The molecule has 0 unspecified atom stereocenters. The van der Waals surface area contributed by atoms with E-state index in [1.165, 1.54) is 4.91 Å². The molecule has 1 nitrogen and oxygen atoms in total. The first-order chi connectivity index (χ1) is 3.81. The van der Waals surface area contributed by atoms with Crippen molar-refractivity contribution in [3.63, 3.8) is 0 Å². The number of nitrogens with one attached hydrogen (secondary N) is 1. The third-order valence-electron chi connectivity index (χ3n) is 0.916. The molecule has 0 radical (unpaired) electrons. The third-order valence-corrected chi connectivity index (χ3v) is 1.73. The summed E-state index contributed by atoms with van der Waals surface area (Å²) in [6.07, 6.45) is 4.26. The Morgan fingerprint density at radius 3 is 2.75 bits per heavy atom. The van der Waals surface area contributed by atoms with E-state index in [0.29, 0.717) is 0 Å². The van der Waals surface area contributed by atoms with Gasteiger partial charge in [-0.25, -0.2) is 0 Å². The van der Waals surface area contributed by atoms with Crippen LogP contribution in [0.2, 0.25) is 0 Å². The minimum atomic E-state index is 0.979. The van der Waals surface area contributed by atoms with Crippen LogP contribution in [0.15, 0.2) is 11.0 Å². The van der Waals surface area contributed by atoms with Crippen LogP contribution in [-0.4, -0.2) is 19.8 Å². The van der Waals surface area contributed by atoms with Crippen molar-refractivity contribution >= 4 is 11.8 Å². The predicted octanol–water partition coefficient (Wildman–Crippen LogP) is 1.47. The second-order valence-corrected chi connectivity index (χ2v) is 2.63. The van der Waals surface area contributed by atoms with Gasteiger partial charge in [0.1, 0.15) is 0 Å². The zero-order valence-corrected chi connectivity index (χ0v) is 6.51. The molecule has 0 aliphatic rings. The maximum Gasteiger partial charge on any atom is 0.0142 e. The molecule has 0 heterocycles. The van der Waals surface area contributed by atoms with Gasteiger partial charge in [0.2, 0.25) is 0 Å². The van der Waals surface area contributed by atoms with E-state index in [1.807, 2.05) is 7.05 Å². The van der Waals surface area contributed by atoms with Crippen LogP contribution in [0.5, 0.6) is 0 Å².